The largest absolute Gasteiger partial charge is 0.326 e. The highest BCUT2D eigenvalue weighted by Crippen LogP contribution is 2.27. The Hall–Kier alpha value is -2.83. The minimum Gasteiger partial charge on any atom is -0.326 e. The monoisotopic (exact) mass is 556 g/mol. The zero-order valence-corrected chi connectivity index (χ0v) is 22.9. The number of carbonyl (C=O) groups excluding carboxylic acids is 1. The first-order chi connectivity index (χ1) is 18.1. The van der Waals surface area contributed by atoms with Gasteiger partial charge in [-0.1, -0.05) is 30.3 Å². The Balaban J connectivity index is 1.18. The molecule has 0 bridgehead atoms. The number of sulfonamides is 2. The second-order valence-corrected chi connectivity index (χ2v) is 13.8. The molecule has 0 unspecified atom stereocenters. The first kappa shape index (κ1) is 26.8. The van der Waals surface area contributed by atoms with Gasteiger partial charge < -0.3 is 10.2 Å². The molecule has 0 radical (unpaired) electrons. The summed E-state index contributed by atoms with van der Waals surface area (Å²) in [6.45, 7) is 2.80. The molecule has 202 valence electrons. The molecule has 2 fully saturated rings. The number of piperazine rings is 1. The van der Waals surface area contributed by atoms with Crippen molar-refractivity contribution in [3.05, 3.63) is 66.7 Å². The lowest BCUT2D eigenvalue weighted by Gasteiger charge is -2.31. The predicted molar refractivity (Wildman–Crippen MR) is 147 cm³/mol. The molecule has 2 heterocycles. The van der Waals surface area contributed by atoms with Crippen LogP contribution in [-0.4, -0.2) is 82.6 Å². The number of nitrogens with zero attached hydrogens (tertiary/aromatic N) is 3. The van der Waals surface area contributed by atoms with E-state index in [0.717, 1.165) is 10.8 Å². The topological polar surface area (TPSA) is 107 Å². The molecule has 0 saturated carbocycles. The van der Waals surface area contributed by atoms with Crippen LogP contribution in [0.1, 0.15) is 12.8 Å². The molecular weight excluding hydrogens is 524 g/mol. The first-order valence-electron chi connectivity index (χ1n) is 12.7. The lowest BCUT2D eigenvalue weighted by molar-refractivity contribution is -0.120. The number of amides is 1. The van der Waals surface area contributed by atoms with Gasteiger partial charge in [0.1, 0.15) is 0 Å². The molecule has 3 aromatic rings. The average molecular weight is 557 g/mol. The Morgan fingerprint density at radius 1 is 0.711 bits per heavy atom. The number of fused-ring (bicyclic) bond motifs is 1. The predicted octanol–water partition coefficient (Wildman–Crippen LogP) is 2.82. The van der Waals surface area contributed by atoms with E-state index in [1.807, 2.05) is 37.4 Å². The molecule has 0 atom stereocenters. The van der Waals surface area contributed by atoms with Crippen LogP contribution >= 0.6 is 0 Å². The minimum absolute atomic E-state index is 0.192. The van der Waals surface area contributed by atoms with Crippen LogP contribution in [0.15, 0.2) is 76.5 Å². The van der Waals surface area contributed by atoms with Gasteiger partial charge in [0, 0.05) is 50.9 Å². The quantitative estimate of drug-likeness (QED) is 0.501. The van der Waals surface area contributed by atoms with Crippen molar-refractivity contribution in [2.45, 2.75) is 22.6 Å². The van der Waals surface area contributed by atoms with Crippen LogP contribution in [0.2, 0.25) is 0 Å². The molecule has 11 heteroatoms. The van der Waals surface area contributed by atoms with Gasteiger partial charge >= 0.3 is 0 Å². The second-order valence-electron chi connectivity index (χ2n) is 9.91. The summed E-state index contributed by atoms with van der Waals surface area (Å²) in [5.74, 6) is -0.519. The fourth-order valence-corrected chi connectivity index (χ4v) is 7.90. The van der Waals surface area contributed by atoms with E-state index in [4.69, 9.17) is 0 Å². The van der Waals surface area contributed by atoms with Crippen molar-refractivity contribution in [3.63, 3.8) is 0 Å². The third-order valence-corrected chi connectivity index (χ3v) is 11.2. The van der Waals surface area contributed by atoms with Crippen molar-refractivity contribution >= 4 is 42.4 Å². The van der Waals surface area contributed by atoms with E-state index in [1.165, 1.54) is 20.7 Å². The lowest BCUT2D eigenvalue weighted by Crippen LogP contribution is -2.46. The normalized spacial score (nSPS) is 19.0. The zero-order chi connectivity index (χ0) is 26.9. The van der Waals surface area contributed by atoms with Crippen LogP contribution < -0.4 is 5.32 Å². The first-order valence-corrected chi connectivity index (χ1v) is 15.6. The highest BCUT2D eigenvalue weighted by molar-refractivity contribution is 7.89. The van der Waals surface area contributed by atoms with Gasteiger partial charge in [0.05, 0.1) is 9.79 Å². The van der Waals surface area contributed by atoms with Crippen LogP contribution in [0.3, 0.4) is 0 Å². The molecule has 38 heavy (non-hydrogen) atoms. The number of hydrogen-bond donors (Lipinski definition) is 1. The highest BCUT2D eigenvalue weighted by atomic mass is 32.2. The maximum atomic E-state index is 13.2. The Morgan fingerprint density at radius 3 is 1.92 bits per heavy atom. The highest BCUT2D eigenvalue weighted by Gasteiger charge is 2.32. The zero-order valence-electron chi connectivity index (χ0n) is 21.3. The van der Waals surface area contributed by atoms with Crippen LogP contribution in [0.25, 0.3) is 10.8 Å². The number of hydrogen-bond acceptors (Lipinski definition) is 6. The summed E-state index contributed by atoms with van der Waals surface area (Å²) >= 11 is 0. The van der Waals surface area contributed by atoms with Crippen LogP contribution in [-0.2, 0) is 24.8 Å². The van der Waals surface area contributed by atoms with Crippen LogP contribution in [0.4, 0.5) is 5.69 Å². The van der Waals surface area contributed by atoms with Gasteiger partial charge in [-0.05, 0) is 67.1 Å². The average Bonchev–Trinajstić information content (AvgIpc) is 2.93. The summed E-state index contributed by atoms with van der Waals surface area (Å²) in [6, 6.07) is 19.0. The molecule has 0 aromatic heterocycles. The molecule has 2 aliphatic heterocycles. The SMILES string of the molecule is CN1CCN(S(=O)(=O)c2ccc(NC(=O)C3CCN(S(=O)(=O)c4ccc5ccccc5c4)CC3)cc2)CC1. The maximum Gasteiger partial charge on any atom is 0.243 e. The lowest BCUT2D eigenvalue weighted by atomic mass is 9.97. The molecule has 0 aliphatic carbocycles. The fourth-order valence-electron chi connectivity index (χ4n) is 4.97. The molecular formula is C27H32N4O5S2. The summed E-state index contributed by atoms with van der Waals surface area (Å²) in [6.07, 6.45) is 0.822. The van der Waals surface area contributed by atoms with E-state index in [9.17, 15) is 21.6 Å². The van der Waals surface area contributed by atoms with Gasteiger partial charge in [0.15, 0.2) is 0 Å². The summed E-state index contributed by atoms with van der Waals surface area (Å²) in [5, 5.41) is 4.70. The summed E-state index contributed by atoms with van der Waals surface area (Å²) in [5.41, 5.74) is 0.513. The summed E-state index contributed by atoms with van der Waals surface area (Å²) in [7, 11) is -5.26. The van der Waals surface area contributed by atoms with Crippen molar-refractivity contribution in [3.8, 4) is 0 Å². The van der Waals surface area contributed by atoms with Gasteiger partial charge in [-0.3, -0.25) is 4.79 Å². The van der Waals surface area contributed by atoms with Crippen molar-refractivity contribution in [2.24, 2.45) is 5.92 Å². The molecule has 0 spiro atoms. The third-order valence-electron chi connectivity index (χ3n) is 7.41. The number of rotatable bonds is 6. The number of likely N-dealkylation sites (N-methyl/N-ethyl adjacent to an activating group) is 1. The van der Waals surface area contributed by atoms with E-state index in [2.05, 4.69) is 10.2 Å². The molecule has 2 aliphatic rings. The van der Waals surface area contributed by atoms with Gasteiger partial charge in [0.25, 0.3) is 0 Å². The van der Waals surface area contributed by atoms with E-state index in [1.54, 1.807) is 24.3 Å². The van der Waals surface area contributed by atoms with E-state index in [-0.39, 0.29) is 34.7 Å². The summed E-state index contributed by atoms with van der Waals surface area (Å²) in [4.78, 5) is 15.4. The number of anilines is 1. The van der Waals surface area contributed by atoms with Crippen molar-refractivity contribution < 1.29 is 21.6 Å². The molecule has 2 saturated heterocycles. The van der Waals surface area contributed by atoms with E-state index < -0.39 is 20.0 Å². The number of carbonyl (C=O) groups is 1. The fraction of sp³-hybridized carbons (Fsp3) is 0.370. The Morgan fingerprint density at radius 2 is 1.26 bits per heavy atom. The molecule has 9 nitrogen and oxygen atoms in total. The minimum atomic E-state index is -3.65. The third kappa shape index (κ3) is 5.48. The molecule has 1 amide bonds. The van der Waals surface area contributed by atoms with Crippen molar-refractivity contribution in [1.82, 2.24) is 13.5 Å². The van der Waals surface area contributed by atoms with Gasteiger partial charge in [0.2, 0.25) is 26.0 Å². The van der Waals surface area contributed by atoms with Crippen LogP contribution in [0, 0.1) is 5.92 Å². The van der Waals surface area contributed by atoms with E-state index in [0.29, 0.717) is 44.7 Å². The molecule has 1 N–H and O–H groups in total. The van der Waals surface area contributed by atoms with E-state index >= 15 is 0 Å². The smallest absolute Gasteiger partial charge is 0.243 e. The van der Waals surface area contributed by atoms with Crippen molar-refractivity contribution in [2.75, 3.05) is 51.6 Å². The molecule has 3 aromatic carbocycles. The number of nitrogens with one attached hydrogen (secondary N) is 1. The molecule has 5 rings (SSSR count). The van der Waals surface area contributed by atoms with Crippen molar-refractivity contribution in [1.29, 1.82) is 0 Å². The number of piperidine rings is 1. The summed E-state index contributed by atoms with van der Waals surface area (Å²) < 4.78 is 55.2. The van der Waals surface area contributed by atoms with Gasteiger partial charge in [-0.25, -0.2) is 16.8 Å². The number of benzene rings is 3. The Labute approximate surface area is 224 Å². The second kappa shape index (κ2) is 10.7. The van der Waals surface area contributed by atoms with Crippen LogP contribution in [0.5, 0.6) is 0 Å². The Bertz CT molecular complexity index is 1530. The standard InChI is InChI=1S/C27H32N4O5S2/c1-29-16-18-31(19-17-29)37(33,34)25-10-7-24(8-11-25)28-27(32)22-12-14-30(15-13-22)38(35,36)26-9-6-21-4-2-3-5-23(21)20-26/h2-11,20,22H,12-19H2,1H3,(H,28,32). The van der Waals surface area contributed by atoms with Gasteiger partial charge in [-0.2, -0.15) is 8.61 Å². The maximum absolute atomic E-state index is 13.2. The van der Waals surface area contributed by atoms with Gasteiger partial charge in [-0.15, -0.1) is 0 Å². The Kier molecular flexibility index (Phi) is 7.56.